The predicted molar refractivity (Wildman–Crippen MR) is 130 cm³/mol. The number of nitrogens with zero attached hydrogens (tertiary/aromatic N) is 2. The Morgan fingerprint density at radius 1 is 1.26 bits per heavy atom. The summed E-state index contributed by atoms with van der Waals surface area (Å²) >= 11 is 0. The molecule has 2 aromatic rings. The van der Waals surface area contributed by atoms with Gasteiger partial charge in [-0.15, -0.1) is 0 Å². The van der Waals surface area contributed by atoms with Crippen LogP contribution in [0, 0.1) is 36.9 Å². The van der Waals surface area contributed by atoms with Gasteiger partial charge >= 0.3 is 0 Å². The Labute approximate surface area is 205 Å². The molecule has 2 heterocycles. The number of methoxy groups -OCH3 is 1. The molecule has 8 nitrogen and oxygen atoms in total. The van der Waals surface area contributed by atoms with E-state index in [0.717, 1.165) is 54.8 Å². The summed E-state index contributed by atoms with van der Waals surface area (Å²) in [6.07, 6.45) is 5.43. The van der Waals surface area contributed by atoms with Crippen LogP contribution >= 0.6 is 0 Å². The molecule has 35 heavy (non-hydrogen) atoms. The molecule has 0 radical (unpaired) electrons. The Balaban J connectivity index is 0.000000168. The molecule has 2 N–H and O–H groups in total. The Morgan fingerprint density at radius 3 is 2.51 bits per heavy atom. The molecule has 1 aromatic carbocycles. The lowest BCUT2D eigenvalue weighted by atomic mass is 9.64. The van der Waals surface area contributed by atoms with Crippen LogP contribution in [0.3, 0.4) is 0 Å². The van der Waals surface area contributed by atoms with Crippen LogP contribution in [0.2, 0.25) is 0 Å². The standard InChI is InChI=1S/C15H18FNO2.C11H18N2O3/c1-9-2-12(17-8-18)7-14(16)15(9)19-13-5-10-3-11(4-10)6-13;1-8-9(4-15-3)16-10(12-8)13-5-11(2,6-13)7-14/h2,7-8,10-11,13H,3-6H2,1H3,(H,17,18);14H,4-7H2,1-3H3. The predicted octanol–water partition coefficient (Wildman–Crippen LogP) is 4.22. The van der Waals surface area contributed by atoms with Gasteiger partial charge in [-0.25, -0.2) is 4.39 Å². The first kappa shape index (κ1) is 25.4. The van der Waals surface area contributed by atoms with Gasteiger partial charge in [-0.05, 0) is 63.0 Å². The van der Waals surface area contributed by atoms with Gasteiger partial charge in [0.25, 0.3) is 6.01 Å². The second-order valence-electron chi connectivity index (χ2n) is 10.5. The van der Waals surface area contributed by atoms with E-state index < -0.39 is 5.82 Å². The van der Waals surface area contributed by atoms with E-state index in [2.05, 4.69) is 17.2 Å². The first-order valence-corrected chi connectivity index (χ1v) is 12.2. The van der Waals surface area contributed by atoms with Crippen LogP contribution in [0.25, 0.3) is 0 Å². The zero-order valence-electron chi connectivity index (χ0n) is 21.0. The summed E-state index contributed by atoms with van der Waals surface area (Å²) in [5.41, 5.74) is 2.05. The summed E-state index contributed by atoms with van der Waals surface area (Å²) in [7, 11) is 1.63. The number of halogens is 1. The highest BCUT2D eigenvalue weighted by atomic mass is 19.1. The van der Waals surface area contributed by atoms with Gasteiger partial charge in [-0.3, -0.25) is 4.79 Å². The molecule has 1 aromatic heterocycles. The number of carbonyl (C=O) groups excluding carboxylic acids is 1. The van der Waals surface area contributed by atoms with Gasteiger partial charge in [0.15, 0.2) is 17.3 Å². The minimum absolute atomic E-state index is 0.0101. The fourth-order valence-electron chi connectivity index (χ4n) is 5.32. The van der Waals surface area contributed by atoms with Crippen molar-refractivity contribution in [1.29, 1.82) is 0 Å². The monoisotopic (exact) mass is 489 g/mol. The molecule has 3 saturated carbocycles. The molecule has 1 amide bonds. The highest BCUT2D eigenvalue weighted by Crippen LogP contribution is 2.47. The van der Waals surface area contributed by atoms with Crippen LogP contribution < -0.4 is 15.0 Å². The van der Waals surface area contributed by atoms with Crippen molar-refractivity contribution in [3.63, 3.8) is 0 Å². The number of aromatic nitrogens is 1. The van der Waals surface area contributed by atoms with Gasteiger partial charge in [0, 0.05) is 37.4 Å². The second kappa shape index (κ2) is 10.5. The van der Waals surface area contributed by atoms with Crippen LogP contribution in [-0.4, -0.2) is 49.4 Å². The number of oxazole rings is 1. The Bertz CT molecular complexity index is 997. The van der Waals surface area contributed by atoms with Gasteiger partial charge in [-0.1, -0.05) is 6.92 Å². The van der Waals surface area contributed by atoms with Gasteiger partial charge in [0.2, 0.25) is 6.41 Å². The number of rotatable bonds is 8. The molecule has 3 aliphatic carbocycles. The average Bonchev–Trinajstić information content (AvgIpc) is 3.14. The lowest BCUT2D eigenvalue weighted by Crippen LogP contribution is -2.56. The van der Waals surface area contributed by atoms with Crippen molar-refractivity contribution < 1.29 is 28.2 Å². The lowest BCUT2D eigenvalue weighted by Gasteiger charge is -2.46. The number of aryl methyl sites for hydroxylation is 2. The molecule has 6 rings (SSSR count). The number of ether oxygens (including phenoxy) is 2. The third kappa shape index (κ3) is 5.78. The third-order valence-corrected chi connectivity index (χ3v) is 7.22. The zero-order chi connectivity index (χ0) is 25.2. The summed E-state index contributed by atoms with van der Waals surface area (Å²) in [6.45, 7) is 7.99. The molecule has 0 spiro atoms. The van der Waals surface area contributed by atoms with Crippen molar-refractivity contribution in [2.45, 2.75) is 59.2 Å². The topological polar surface area (TPSA) is 97.1 Å². The van der Waals surface area contributed by atoms with Crippen molar-refractivity contribution in [3.8, 4) is 5.75 Å². The third-order valence-electron chi connectivity index (χ3n) is 7.22. The van der Waals surface area contributed by atoms with Gasteiger partial charge in [-0.2, -0.15) is 4.98 Å². The smallest absolute Gasteiger partial charge is 0.297 e. The van der Waals surface area contributed by atoms with Crippen molar-refractivity contribution in [2.24, 2.45) is 17.3 Å². The van der Waals surface area contributed by atoms with E-state index in [1.807, 2.05) is 11.8 Å². The number of benzene rings is 1. The number of anilines is 2. The molecular weight excluding hydrogens is 453 g/mol. The second-order valence-corrected chi connectivity index (χ2v) is 10.5. The molecule has 1 aliphatic heterocycles. The van der Waals surface area contributed by atoms with Gasteiger partial charge < -0.3 is 29.2 Å². The molecule has 2 bridgehead atoms. The Morgan fingerprint density at radius 2 is 1.94 bits per heavy atom. The minimum Gasteiger partial charge on any atom is -0.487 e. The van der Waals surface area contributed by atoms with Crippen molar-refractivity contribution in [2.75, 3.05) is 37.0 Å². The van der Waals surface area contributed by atoms with Gasteiger partial charge in [0.05, 0.1) is 18.4 Å². The van der Waals surface area contributed by atoms with E-state index in [1.54, 1.807) is 20.1 Å². The quantitative estimate of drug-likeness (QED) is 0.536. The van der Waals surface area contributed by atoms with E-state index >= 15 is 0 Å². The summed E-state index contributed by atoms with van der Waals surface area (Å²) in [5, 5.41) is 11.6. The highest BCUT2D eigenvalue weighted by Gasteiger charge is 2.41. The summed E-state index contributed by atoms with van der Waals surface area (Å²) in [6, 6.07) is 3.67. The van der Waals surface area contributed by atoms with Crippen molar-refractivity contribution in [1.82, 2.24) is 4.98 Å². The Kier molecular flexibility index (Phi) is 7.66. The number of carbonyl (C=O) groups is 1. The van der Waals surface area contributed by atoms with E-state index in [0.29, 0.717) is 30.5 Å². The zero-order valence-corrected chi connectivity index (χ0v) is 21.0. The van der Waals surface area contributed by atoms with Crippen LogP contribution in [0.15, 0.2) is 16.5 Å². The number of aliphatic hydroxyl groups excluding tert-OH is 1. The van der Waals surface area contributed by atoms with Crippen LogP contribution in [0.4, 0.5) is 16.1 Å². The largest absolute Gasteiger partial charge is 0.487 e. The maximum atomic E-state index is 14.0. The average molecular weight is 490 g/mol. The summed E-state index contributed by atoms with van der Waals surface area (Å²) in [4.78, 5) is 16.8. The first-order valence-electron chi connectivity index (χ1n) is 12.2. The summed E-state index contributed by atoms with van der Waals surface area (Å²) < 4.78 is 30.5. The molecule has 0 atom stereocenters. The van der Waals surface area contributed by atoms with Crippen LogP contribution in [0.1, 0.15) is 49.6 Å². The van der Waals surface area contributed by atoms with Crippen LogP contribution in [0.5, 0.6) is 5.75 Å². The van der Waals surface area contributed by atoms with E-state index in [-0.39, 0.29) is 18.1 Å². The number of fused-ring (bicyclic) bond motifs is 2. The summed E-state index contributed by atoms with van der Waals surface area (Å²) in [5.74, 6) is 2.27. The fourth-order valence-corrected chi connectivity index (χ4v) is 5.32. The fraction of sp³-hybridized carbons (Fsp3) is 0.615. The normalized spacial score (nSPS) is 23.9. The molecule has 0 unspecified atom stereocenters. The first-order chi connectivity index (χ1) is 16.7. The van der Waals surface area contributed by atoms with E-state index in [1.165, 1.54) is 18.9 Å². The number of nitrogens with one attached hydrogen (secondary N) is 1. The van der Waals surface area contributed by atoms with Crippen molar-refractivity contribution >= 4 is 18.1 Å². The number of aliphatic hydroxyl groups is 1. The Hall–Kier alpha value is -2.65. The van der Waals surface area contributed by atoms with E-state index in [9.17, 15) is 9.18 Å². The molecule has 9 heteroatoms. The van der Waals surface area contributed by atoms with E-state index in [4.69, 9.17) is 19.0 Å². The lowest BCUT2D eigenvalue weighted by molar-refractivity contribution is -0.105. The molecule has 192 valence electrons. The number of hydrogen-bond acceptors (Lipinski definition) is 7. The number of hydrogen-bond donors (Lipinski definition) is 2. The van der Waals surface area contributed by atoms with Gasteiger partial charge in [0.1, 0.15) is 6.61 Å². The SMILES string of the molecule is COCc1oc(N2CC(C)(CO)C2)nc1C.Cc1cc(NC=O)cc(F)c1OC1CC2CC(C2)C1. The molecular formula is C26H36FN3O5. The molecule has 1 saturated heterocycles. The number of amides is 1. The molecule has 4 fully saturated rings. The maximum Gasteiger partial charge on any atom is 0.297 e. The van der Waals surface area contributed by atoms with Crippen molar-refractivity contribution in [3.05, 3.63) is 35.0 Å². The molecule has 4 aliphatic rings. The highest BCUT2D eigenvalue weighted by molar-refractivity contribution is 5.72. The van der Waals surface area contributed by atoms with Crippen LogP contribution in [-0.2, 0) is 16.1 Å². The minimum atomic E-state index is -0.399. The maximum absolute atomic E-state index is 14.0.